The van der Waals surface area contributed by atoms with E-state index in [1.165, 1.54) is 24.3 Å². The molecule has 1 heterocycles. The van der Waals surface area contributed by atoms with Gasteiger partial charge in [-0.2, -0.15) is 0 Å². The summed E-state index contributed by atoms with van der Waals surface area (Å²) in [7, 11) is -3.63. The molecule has 0 amide bonds. The van der Waals surface area contributed by atoms with Gasteiger partial charge in [-0.3, -0.25) is 9.52 Å². The van der Waals surface area contributed by atoms with Crippen LogP contribution in [0.25, 0.3) is 0 Å². The lowest BCUT2D eigenvalue weighted by atomic mass is 10.2. The molecule has 1 aromatic heterocycles. The number of allylic oxidation sites excluding steroid dienone is 3. The van der Waals surface area contributed by atoms with Crippen molar-refractivity contribution in [3.8, 4) is 0 Å². The Hall–Kier alpha value is -1.95. The fraction of sp³-hybridized carbons (Fsp3) is 0.231. The van der Waals surface area contributed by atoms with E-state index in [1.54, 1.807) is 13.8 Å². The molecule has 1 N–H and O–H groups in total. The maximum Gasteiger partial charge on any atom is 0.259 e. The summed E-state index contributed by atoms with van der Waals surface area (Å²) in [5, 5.41) is 0. The minimum Gasteiger partial charge on any atom is -0.298 e. The van der Waals surface area contributed by atoms with E-state index in [-0.39, 0.29) is 10.7 Å². The third-order valence-electron chi connectivity index (χ3n) is 2.49. The van der Waals surface area contributed by atoms with Crippen LogP contribution in [0.2, 0.25) is 0 Å². The van der Waals surface area contributed by atoms with Crippen LogP contribution in [-0.4, -0.2) is 19.7 Å². The van der Waals surface area contributed by atoms with Crippen LogP contribution in [0.4, 0.5) is 5.82 Å². The van der Waals surface area contributed by atoms with Gasteiger partial charge in [0.05, 0.1) is 10.6 Å². The van der Waals surface area contributed by atoms with Crippen molar-refractivity contribution in [3.63, 3.8) is 0 Å². The molecule has 0 spiro atoms. The molecule has 0 aliphatic carbocycles. The van der Waals surface area contributed by atoms with Crippen molar-refractivity contribution in [2.24, 2.45) is 0 Å². The molecule has 0 atom stereocenters. The van der Waals surface area contributed by atoms with E-state index in [9.17, 15) is 13.2 Å². The standard InChI is InChI=1S/C13H16N2O3S/c1-4-6-12(5-2)19(17,18)15-13-8-7-11(9-16)10(3)14-13/h4,6-9H,1,5H2,2-3H3,(H,14,15)/b12-6+. The summed E-state index contributed by atoms with van der Waals surface area (Å²) in [6.07, 6.45) is 3.89. The van der Waals surface area contributed by atoms with Gasteiger partial charge in [-0.15, -0.1) is 0 Å². The number of aldehydes is 1. The molecule has 0 aromatic carbocycles. The number of pyridine rings is 1. The van der Waals surface area contributed by atoms with Gasteiger partial charge in [0.2, 0.25) is 0 Å². The molecule has 0 saturated carbocycles. The number of rotatable bonds is 6. The number of nitrogens with one attached hydrogen (secondary N) is 1. The van der Waals surface area contributed by atoms with Gasteiger partial charge in [0, 0.05) is 5.56 Å². The predicted octanol–water partition coefficient (Wildman–Crippen LogP) is 2.42. The quantitative estimate of drug-likeness (QED) is 0.641. The van der Waals surface area contributed by atoms with Crippen molar-refractivity contribution in [1.29, 1.82) is 0 Å². The summed E-state index contributed by atoms with van der Waals surface area (Å²) in [6, 6.07) is 2.98. The second-order valence-corrected chi connectivity index (χ2v) is 5.55. The van der Waals surface area contributed by atoms with Gasteiger partial charge in [-0.1, -0.05) is 19.6 Å². The lowest BCUT2D eigenvalue weighted by molar-refractivity contribution is 0.112. The first-order valence-corrected chi connectivity index (χ1v) is 7.20. The zero-order valence-corrected chi connectivity index (χ0v) is 11.7. The molecule has 5 nitrogen and oxygen atoms in total. The summed E-state index contributed by atoms with van der Waals surface area (Å²) >= 11 is 0. The van der Waals surface area contributed by atoms with E-state index in [2.05, 4.69) is 16.3 Å². The van der Waals surface area contributed by atoms with Crippen LogP contribution in [0.15, 0.2) is 35.8 Å². The fourth-order valence-corrected chi connectivity index (χ4v) is 2.66. The van der Waals surface area contributed by atoms with E-state index in [0.29, 0.717) is 24.0 Å². The lowest BCUT2D eigenvalue weighted by Crippen LogP contribution is -2.16. The number of hydrogen-bond acceptors (Lipinski definition) is 4. The fourth-order valence-electron chi connectivity index (χ4n) is 1.49. The average molecular weight is 280 g/mol. The van der Waals surface area contributed by atoms with E-state index in [1.807, 2.05) is 0 Å². The molecule has 0 aliphatic rings. The first kappa shape index (κ1) is 15.1. The van der Waals surface area contributed by atoms with Crippen molar-refractivity contribution in [1.82, 2.24) is 4.98 Å². The molecule has 0 unspecified atom stereocenters. The monoisotopic (exact) mass is 280 g/mol. The maximum absolute atomic E-state index is 12.1. The Morgan fingerprint density at radius 3 is 2.63 bits per heavy atom. The van der Waals surface area contributed by atoms with Gasteiger partial charge in [0.15, 0.2) is 6.29 Å². The maximum atomic E-state index is 12.1. The number of aromatic nitrogens is 1. The summed E-state index contributed by atoms with van der Waals surface area (Å²) in [5.41, 5.74) is 0.904. The first-order chi connectivity index (χ1) is 8.94. The molecule has 19 heavy (non-hydrogen) atoms. The Morgan fingerprint density at radius 2 is 2.16 bits per heavy atom. The molecule has 0 radical (unpaired) electrons. The largest absolute Gasteiger partial charge is 0.298 e. The predicted molar refractivity (Wildman–Crippen MR) is 75.5 cm³/mol. The van der Waals surface area contributed by atoms with Gasteiger partial charge >= 0.3 is 0 Å². The zero-order valence-electron chi connectivity index (χ0n) is 10.9. The minimum atomic E-state index is -3.63. The summed E-state index contributed by atoms with van der Waals surface area (Å²) in [5.74, 6) is 0.187. The smallest absolute Gasteiger partial charge is 0.259 e. The van der Waals surface area contributed by atoms with Crippen LogP contribution in [0.3, 0.4) is 0 Å². The molecular weight excluding hydrogens is 264 g/mol. The van der Waals surface area contributed by atoms with Gasteiger partial charge < -0.3 is 0 Å². The van der Waals surface area contributed by atoms with Crippen LogP contribution in [0.1, 0.15) is 29.4 Å². The molecule has 102 valence electrons. The highest BCUT2D eigenvalue weighted by Crippen LogP contribution is 2.16. The Kier molecular flexibility index (Phi) is 5.00. The van der Waals surface area contributed by atoms with Crippen LogP contribution >= 0.6 is 0 Å². The van der Waals surface area contributed by atoms with Crippen LogP contribution in [0, 0.1) is 6.92 Å². The Balaban J connectivity index is 3.08. The van der Waals surface area contributed by atoms with E-state index in [0.717, 1.165) is 0 Å². The SMILES string of the molecule is C=C/C=C(\CC)S(=O)(=O)Nc1ccc(C=O)c(C)n1. The van der Waals surface area contributed by atoms with Gasteiger partial charge in [0.25, 0.3) is 10.0 Å². The van der Waals surface area contributed by atoms with Gasteiger partial charge in [-0.05, 0) is 31.6 Å². The summed E-state index contributed by atoms with van der Waals surface area (Å²) < 4.78 is 26.5. The molecular formula is C13H16N2O3S. The first-order valence-electron chi connectivity index (χ1n) is 5.71. The Labute approximate surface area is 113 Å². The summed E-state index contributed by atoms with van der Waals surface area (Å²) in [6.45, 7) is 6.86. The number of carbonyl (C=O) groups excluding carboxylic acids is 1. The van der Waals surface area contributed by atoms with E-state index >= 15 is 0 Å². The van der Waals surface area contributed by atoms with Gasteiger partial charge in [-0.25, -0.2) is 13.4 Å². The van der Waals surface area contributed by atoms with E-state index < -0.39 is 10.0 Å². The number of hydrogen-bond donors (Lipinski definition) is 1. The Bertz CT molecular complexity index is 619. The lowest BCUT2D eigenvalue weighted by Gasteiger charge is -2.10. The highest BCUT2D eigenvalue weighted by molar-refractivity contribution is 7.96. The highest BCUT2D eigenvalue weighted by Gasteiger charge is 2.16. The third kappa shape index (κ3) is 3.75. The van der Waals surface area contributed by atoms with Crippen molar-refractivity contribution in [3.05, 3.63) is 47.0 Å². The molecule has 0 fully saturated rings. The normalized spacial score (nSPS) is 12.0. The van der Waals surface area contributed by atoms with Crippen LogP contribution in [-0.2, 0) is 10.0 Å². The molecule has 1 aromatic rings. The average Bonchev–Trinajstić information content (AvgIpc) is 2.35. The second-order valence-electron chi connectivity index (χ2n) is 3.82. The number of sulfonamides is 1. The van der Waals surface area contributed by atoms with Crippen molar-refractivity contribution in [2.45, 2.75) is 20.3 Å². The summed E-state index contributed by atoms with van der Waals surface area (Å²) in [4.78, 5) is 14.9. The number of carbonyl (C=O) groups is 1. The molecule has 6 heteroatoms. The topological polar surface area (TPSA) is 76.1 Å². The van der Waals surface area contributed by atoms with Crippen LogP contribution < -0.4 is 4.72 Å². The Morgan fingerprint density at radius 1 is 1.47 bits per heavy atom. The third-order valence-corrected chi connectivity index (χ3v) is 4.08. The molecule has 0 saturated heterocycles. The van der Waals surface area contributed by atoms with Crippen molar-refractivity contribution in [2.75, 3.05) is 4.72 Å². The number of anilines is 1. The molecule has 1 rings (SSSR count). The molecule has 0 bridgehead atoms. The van der Waals surface area contributed by atoms with Crippen molar-refractivity contribution < 1.29 is 13.2 Å². The highest BCUT2D eigenvalue weighted by atomic mass is 32.2. The molecule has 0 aliphatic heterocycles. The van der Waals surface area contributed by atoms with Crippen molar-refractivity contribution >= 4 is 22.1 Å². The number of aryl methyl sites for hydroxylation is 1. The number of nitrogens with zero attached hydrogens (tertiary/aromatic N) is 1. The van der Waals surface area contributed by atoms with E-state index in [4.69, 9.17) is 0 Å². The zero-order chi connectivity index (χ0) is 14.5. The minimum absolute atomic E-state index is 0.187. The second kappa shape index (κ2) is 6.29. The van der Waals surface area contributed by atoms with Gasteiger partial charge in [0.1, 0.15) is 5.82 Å². The van der Waals surface area contributed by atoms with Crippen LogP contribution in [0.5, 0.6) is 0 Å².